The lowest BCUT2D eigenvalue weighted by Crippen LogP contribution is -2.46. The van der Waals surface area contributed by atoms with Crippen LogP contribution in [-0.2, 0) is 23.9 Å². The first-order valence-corrected chi connectivity index (χ1v) is 3.87. The van der Waals surface area contributed by atoms with Gasteiger partial charge >= 0.3 is 11.9 Å². The number of hydrogen-bond acceptors (Lipinski definition) is 6. The van der Waals surface area contributed by atoms with Gasteiger partial charge in [-0.25, -0.2) is 0 Å². The number of hydrogen-bond donors (Lipinski definition) is 1. The lowest BCUT2D eigenvalue weighted by molar-refractivity contribution is -0.156. The normalized spacial score (nSPS) is 14.0. The summed E-state index contributed by atoms with van der Waals surface area (Å²) in [5.74, 6) is -3.49. The molecule has 0 saturated heterocycles. The SMILES string of the molecule is COC(=O)C(C(C)=O)[C@H](N)C(=O)OC. The van der Waals surface area contributed by atoms with Gasteiger partial charge in [0.2, 0.25) is 0 Å². The summed E-state index contributed by atoms with van der Waals surface area (Å²) in [4.78, 5) is 33.1. The Morgan fingerprint density at radius 3 is 1.79 bits per heavy atom. The van der Waals surface area contributed by atoms with E-state index < -0.39 is 29.7 Å². The van der Waals surface area contributed by atoms with Crippen LogP contribution in [0.1, 0.15) is 6.92 Å². The van der Waals surface area contributed by atoms with Crippen LogP contribution in [0, 0.1) is 5.92 Å². The van der Waals surface area contributed by atoms with Gasteiger partial charge in [0.25, 0.3) is 0 Å². The molecular formula is C8H13NO5. The van der Waals surface area contributed by atoms with Crippen LogP contribution in [0.25, 0.3) is 0 Å². The van der Waals surface area contributed by atoms with E-state index in [1.165, 1.54) is 0 Å². The fourth-order valence-electron chi connectivity index (χ4n) is 0.965. The van der Waals surface area contributed by atoms with E-state index in [0.717, 1.165) is 21.1 Å². The molecule has 0 radical (unpaired) electrons. The van der Waals surface area contributed by atoms with Crippen molar-refractivity contribution in [3.05, 3.63) is 0 Å². The highest BCUT2D eigenvalue weighted by molar-refractivity contribution is 6.02. The summed E-state index contributed by atoms with van der Waals surface area (Å²) in [5.41, 5.74) is 5.35. The van der Waals surface area contributed by atoms with Gasteiger partial charge in [0, 0.05) is 0 Å². The standard InChI is InChI=1S/C8H13NO5/c1-4(10)5(7(11)13-2)6(9)8(12)14-3/h5-6H,9H2,1-3H3/t5?,6-/m0/s1. The van der Waals surface area contributed by atoms with Crippen LogP contribution in [0.2, 0.25) is 0 Å². The van der Waals surface area contributed by atoms with E-state index in [9.17, 15) is 14.4 Å². The molecule has 0 bridgehead atoms. The number of carbonyl (C=O) groups is 3. The van der Waals surface area contributed by atoms with Crippen molar-refractivity contribution in [2.24, 2.45) is 11.7 Å². The second kappa shape index (κ2) is 5.33. The van der Waals surface area contributed by atoms with E-state index in [1.54, 1.807) is 0 Å². The van der Waals surface area contributed by atoms with Crippen LogP contribution >= 0.6 is 0 Å². The van der Waals surface area contributed by atoms with Crippen LogP contribution in [0.15, 0.2) is 0 Å². The Labute approximate surface area is 81.3 Å². The van der Waals surface area contributed by atoms with Crippen molar-refractivity contribution in [2.75, 3.05) is 14.2 Å². The quantitative estimate of drug-likeness (QED) is 0.458. The number of ketones is 1. The minimum absolute atomic E-state index is 0.533. The number of nitrogens with two attached hydrogens (primary N) is 1. The summed E-state index contributed by atoms with van der Waals surface area (Å²) < 4.78 is 8.66. The van der Waals surface area contributed by atoms with Gasteiger partial charge in [-0.3, -0.25) is 14.4 Å². The highest BCUT2D eigenvalue weighted by atomic mass is 16.5. The predicted octanol–water partition coefficient (Wildman–Crippen LogP) is -1.14. The number of ether oxygens (including phenoxy) is 2. The molecule has 0 aliphatic heterocycles. The zero-order valence-corrected chi connectivity index (χ0v) is 8.27. The van der Waals surface area contributed by atoms with Gasteiger partial charge in [-0.1, -0.05) is 0 Å². The highest BCUT2D eigenvalue weighted by Gasteiger charge is 2.36. The monoisotopic (exact) mass is 203 g/mol. The third-order valence-corrected chi connectivity index (χ3v) is 1.73. The topological polar surface area (TPSA) is 95.7 Å². The number of Topliss-reactive ketones (excluding diaryl/α,β-unsaturated/α-hetero) is 1. The molecule has 0 saturated carbocycles. The summed E-state index contributed by atoms with van der Waals surface area (Å²) >= 11 is 0. The van der Waals surface area contributed by atoms with Crippen molar-refractivity contribution in [1.29, 1.82) is 0 Å². The number of esters is 2. The largest absolute Gasteiger partial charge is 0.468 e. The minimum Gasteiger partial charge on any atom is -0.468 e. The average Bonchev–Trinajstić information content (AvgIpc) is 2.15. The summed E-state index contributed by atoms with van der Waals surface area (Å²) in [5, 5.41) is 0. The Kier molecular flexibility index (Phi) is 4.79. The van der Waals surface area contributed by atoms with E-state index in [0.29, 0.717) is 0 Å². The summed E-state index contributed by atoms with van der Waals surface area (Å²) in [6.07, 6.45) is 0. The Morgan fingerprint density at radius 1 is 1.07 bits per heavy atom. The van der Waals surface area contributed by atoms with E-state index in [4.69, 9.17) is 5.73 Å². The maximum Gasteiger partial charge on any atom is 0.324 e. The molecule has 0 aliphatic carbocycles. The molecular weight excluding hydrogens is 190 g/mol. The number of rotatable bonds is 4. The molecule has 0 aromatic carbocycles. The zero-order valence-electron chi connectivity index (χ0n) is 8.27. The Morgan fingerprint density at radius 2 is 1.50 bits per heavy atom. The van der Waals surface area contributed by atoms with Crippen molar-refractivity contribution >= 4 is 17.7 Å². The zero-order chi connectivity index (χ0) is 11.3. The molecule has 80 valence electrons. The first-order valence-electron chi connectivity index (χ1n) is 3.87. The highest BCUT2D eigenvalue weighted by Crippen LogP contribution is 2.07. The fourth-order valence-corrected chi connectivity index (χ4v) is 0.965. The molecule has 0 aliphatic rings. The second-order valence-electron chi connectivity index (χ2n) is 2.66. The minimum atomic E-state index is -1.31. The maximum absolute atomic E-state index is 11.1. The van der Waals surface area contributed by atoms with Crippen molar-refractivity contribution in [3.63, 3.8) is 0 Å². The Bertz CT molecular complexity index is 250. The van der Waals surface area contributed by atoms with Crippen molar-refractivity contribution < 1.29 is 23.9 Å². The molecule has 0 amide bonds. The average molecular weight is 203 g/mol. The molecule has 0 fully saturated rings. The van der Waals surface area contributed by atoms with E-state index >= 15 is 0 Å². The van der Waals surface area contributed by atoms with Crippen LogP contribution < -0.4 is 5.73 Å². The second-order valence-corrected chi connectivity index (χ2v) is 2.66. The molecule has 0 rings (SSSR count). The predicted molar refractivity (Wildman–Crippen MR) is 46.2 cm³/mol. The third kappa shape index (κ3) is 2.81. The van der Waals surface area contributed by atoms with E-state index in [2.05, 4.69) is 9.47 Å². The lowest BCUT2D eigenvalue weighted by atomic mass is 9.97. The van der Waals surface area contributed by atoms with Crippen LogP contribution in [0.4, 0.5) is 0 Å². The van der Waals surface area contributed by atoms with Gasteiger partial charge < -0.3 is 15.2 Å². The molecule has 0 aromatic rings. The van der Waals surface area contributed by atoms with Crippen LogP contribution in [-0.4, -0.2) is 38.0 Å². The van der Waals surface area contributed by atoms with Gasteiger partial charge in [-0.2, -0.15) is 0 Å². The lowest BCUT2D eigenvalue weighted by Gasteiger charge is -2.16. The molecule has 14 heavy (non-hydrogen) atoms. The third-order valence-electron chi connectivity index (χ3n) is 1.73. The molecule has 1 unspecified atom stereocenters. The van der Waals surface area contributed by atoms with Gasteiger partial charge in [-0.05, 0) is 6.92 Å². The molecule has 0 aromatic heterocycles. The smallest absolute Gasteiger partial charge is 0.324 e. The van der Waals surface area contributed by atoms with E-state index in [-0.39, 0.29) is 0 Å². The summed E-state index contributed by atoms with van der Waals surface area (Å²) in [7, 11) is 2.24. The molecule has 2 N–H and O–H groups in total. The number of carbonyl (C=O) groups excluding carboxylic acids is 3. The van der Waals surface area contributed by atoms with Crippen molar-refractivity contribution in [1.82, 2.24) is 0 Å². The fraction of sp³-hybridized carbons (Fsp3) is 0.625. The molecule has 6 nitrogen and oxygen atoms in total. The first-order chi connectivity index (χ1) is 6.45. The van der Waals surface area contributed by atoms with Crippen molar-refractivity contribution in [3.8, 4) is 0 Å². The van der Waals surface area contributed by atoms with Gasteiger partial charge in [0.1, 0.15) is 17.7 Å². The Balaban J connectivity index is 4.74. The summed E-state index contributed by atoms with van der Waals surface area (Å²) in [6, 6.07) is -1.31. The van der Waals surface area contributed by atoms with Crippen LogP contribution in [0.3, 0.4) is 0 Å². The maximum atomic E-state index is 11.1. The van der Waals surface area contributed by atoms with Crippen LogP contribution in [0.5, 0.6) is 0 Å². The molecule has 0 heterocycles. The van der Waals surface area contributed by atoms with Crippen molar-refractivity contribution in [2.45, 2.75) is 13.0 Å². The van der Waals surface area contributed by atoms with Gasteiger partial charge in [-0.15, -0.1) is 0 Å². The summed E-state index contributed by atoms with van der Waals surface area (Å²) in [6.45, 7) is 1.16. The molecule has 6 heteroatoms. The van der Waals surface area contributed by atoms with Gasteiger partial charge in [0.15, 0.2) is 0 Å². The first kappa shape index (κ1) is 12.6. The Hall–Kier alpha value is -1.43. The molecule has 2 atom stereocenters. The molecule has 0 spiro atoms. The van der Waals surface area contributed by atoms with Gasteiger partial charge in [0.05, 0.1) is 14.2 Å². The number of methoxy groups -OCH3 is 2. The van der Waals surface area contributed by atoms with E-state index in [1.807, 2.05) is 0 Å².